The van der Waals surface area contributed by atoms with Crippen molar-refractivity contribution in [2.24, 2.45) is 5.73 Å². The third-order valence-corrected chi connectivity index (χ3v) is 3.14. The number of rotatable bonds is 8. The van der Waals surface area contributed by atoms with Crippen molar-refractivity contribution in [1.82, 2.24) is 5.32 Å². The summed E-state index contributed by atoms with van der Waals surface area (Å²) in [5.41, 5.74) is 7.79. The standard InChI is InChI=1S/C17H28N2O2/c1-13-8-9-14(2)15(11-13)21-10-6-5-7-16(20)19-12-17(3,4)18/h8-9,11H,5-7,10,12,18H2,1-4H3,(H,19,20). The Bertz CT molecular complexity index is 464. The van der Waals surface area contributed by atoms with Crippen molar-refractivity contribution in [2.75, 3.05) is 13.2 Å². The lowest BCUT2D eigenvalue weighted by molar-refractivity contribution is -0.121. The van der Waals surface area contributed by atoms with Crippen LogP contribution in [0.5, 0.6) is 5.75 Å². The molecule has 118 valence electrons. The van der Waals surface area contributed by atoms with Gasteiger partial charge in [-0.1, -0.05) is 12.1 Å². The molecule has 1 amide bonds. The highest BCUT2D eigenvalue weighted by Crippen LogP contribution is 2.19. The van der Waals surface area contributed by atoms with E-state index in [2.05, 4.69) is 24.4 Å². The predicted octanol–water partition coefficient (Wildman–Crippen LogP) is 2.71. The summed E-state index contributed by atoms with van der Waals surface area (Å²) >= 11 is 0. The van der Waals surface area contributed by atoms with E-state index in [4.69, 9.17) is 10.5 Å². The first-order valence-electron chi connectivity index (χ1n) is 7.53. The number of unbranched alkanes of at least 4 members (excludes halogenated alkanes) is 1. The second-order valence-electron chi connectivity index (χ2n) is 6.34. The van der Waals surface area contributed by atoms with E-state index >= 15 is 0 Å². The van der Waals surface area contributed by atoms with Gasteiger partial charge in [-0.05, 0) is 57.7 Å². The SMILES string of the molecule is Cc1ccc(C)c(OCCCCC(=O)NCC(C)(C)N)c1. The van der Waals surface area contributed by atoms with Gasteiger partial charge in [0, 0.05) is 18.5 Å². The molecule has 0 saturated heterocycles. The number of nitrogens with one attached hydrogen (secondary N) is 1. The zero-order chi connectivity index (χ0) is 15.9. The Kier molecular flexibility index (Phi) is 6.69. The number of ether oxygens (including phenoxy) is 1. The van der Waals surface area contributed by atoms with E-state index in [0.717, 1.165) is 24.2 Å². The highest BCUT2D eigenvalue weighted by Gasteiger charge is 2.11. The van der Waals surface area contributed by atoms with Crippen LogP contribution in [0.4, 0.5) is 0 Å². The summed E-state index contributed by atoms with van der Waals surface area (Å²) < 4.78 is 5.76. The Morgan fingerprint density at radius 2 is 2.00 bits per heavy atom. The molecule has 21 heavy (non-hydrogen) atoms. The molecule has 1 rings (SSSR count). The Morgan fingerprint density at radius 1 is 1.29 bits per heavy atom. The quantitative estimate of drug-likeness (QED) is 0.724. The maximum Gasteiger partial charge on any atom is 0.220 e. The fraction of sp³-hybridized carbons (Fsp3) is 0.588. The van der Waals surface area contributed by atoms with Crippen LogP contribution in [0.25, 0.3) is 0 Å². The van der Waals surface area contributed by atoms with Gasteiger partial charge >= 0.3 is 0 Å². The minimum absolute atomic E-state index is 0.0558. The molecule has 0 aliphatic carbocycles. The normalized spacial score (nSPS) is 11.3. The van der Waals surface area contributed by atoms with Crippen LogP contribution in [-0.2, 0) is 4.79 Å². The van der Waals surface area contributed by atoms with Crippen LogP contribution >= 0.6 is 0 Å². The summed E-state index contributed by atoms with van der Waals surface area (Å²) in [6.45, 7) is 9.02. The molecule has 4 heteroatoms. The van der Waals surface area contributed by atoms with E-state index in [0.29, 0.717) is 19.6 Å². The predicted molar refractivity (Wildman–Crippen MR) is 86.5 cm³/mol. The molecular weight excluding hydrogens is 264 g/mol. The molecule has 0 unspecified atom stereocenters. The first kappa shape index (κ1) is 17.5. The molecule has 0 spiro atoms. The molecule has 0 aromatic heterocycles. The zero-order valence-corrected chi connectivity index (χ0v) is 13.7. The van der Waals surface area contributed by atoms with Gasteiger partial charge < -0.3 is 15.8 Å². The van der Waals surface area contributed by atoms with Crippen LogP contribution in [0.1, 0.15) is 44.2 Å². The van der Waals surface area contributed by atoms with E-state index < -0.39 is 0 Å². The Hall–Kier alpha value is -1.55. The molecule has 4 nitrogen and oxygen atoms in total. The lowest BCUT2D eigenvalue weighted by Gasteiger charge is -2.18. The van der Waals surface area contributed by atoms with Crippen molar-refractivity contribution >= 4 is 5.91 Å². The zero-order valence-electron chi connectivity index (χ0n) is 13.7. The second-order valence-corrected chi connectivity index (χ2v) is 6.34. The number of nitrogens with two attached hydrogens (primary N) is 1. The summed E-state index contributed by atoms with van der Waals surface area (Å²) in [7, 11) is 0. The number of hydrogen-bond donors (Lipinski definition) is 2. The molecule has 3 N–H and O–H groups in total. The van der Waals surface area contributed by atoms with Crippen molar-refractivity contribution in [3.05, 3.63) is 29.3 Å². The summed E-state index contributed by atoms with van der Waals surface area (Å²) in [6, 6.07) is 6.18. The topological polar surface area (TPSA) is 64.3 Å². The maximum absolute atomic E-state index is 11.6. The number of benzene rings is 1. The highest BCUT2D eigenvalue weighted by molar-refractivity contribution is 5.75. The minimum atomic E-state index is -0.360. The Labute approximate surface area is 128 Å². The van der Waals surface area contributed by atoms with Gasteiger partial charge in [0.05, 0.1) is 6.61 Å². The van der Waals surface area contributed by atoms with Crippen LogP contribution in [0.15, 0.2) is 18.2 Å². The molecule has 1 aromatic rings. The fourth-order valence-electron chi connectivity index (χ4n) is 1.85. The fourth-order valence-corrected chi connectivity index (χ4v) is 1.85. The highest BCUT2D eigenvalue weighted by atomic mass is 16.5. The van der Waals surface area contributed by atoms with Gasteiger partial charge in [-0.3, -0.25) is 4.79 Å². The second kappa shape index (κ2) is 8.03. The van der Waals surface area contributed by atoms with Gasteiger partial charge in [0.2, 0.25) is 5.91 Å². The Balaban J connectivity index is 2.17. The van der Waals surface area contributed by atoms with Crippen LogP contribution in [0.3, 0.4) is 0 Å². The molecule has 0 heterocycles. The van der Waals surface area contributed by atoms with Crippen LogP contribution in [0.2, 0.25) is 0 Å². The average molecular weight is 292 g/mol. The molecule has 0 radical (unpaired) electrons. The van der Waals surface area contributed by atoms with Crippen LogP contribution in [-0.4, -0.2) is 24.6 Å². The van der Waals surface area contributed by atoms with Gasteiger partial charge in [0.1, 0.15) is 5.75 Å². The smallest absolute Gasteiger partial charge is 0.220 e. The molecule has 0 aliphatic heterocycles. The van der Waals surface area contributed by atoms with Crippen molar-refractivity contribution in [2.45, 2.75) is 52.5 Å². The van der Waals surface area contributed by atoms with E-state index in [-0.39, 0.29) is 11.4 Å². The average Bonchev–Trinajstić information content (AvgIpc) is 2.39. The number of aryl methyl sites for hydroxylation is 2. The monoisotopic (exact) mass is 292 g/mol. The third kappa shape index (κ3) is 7.71. The van der Waals surface area contributed by atoms with Crippen molar-refractivity contribution in [3.63, 3.8) is 0 Å². The third-order valence-electron chi connectivity index (χ3n) is 3.14. The minimum Gasteiger partial charge on any atom is -0.493 e. The van der Waals surface area contributed by atoms with Crippen LogP contribution < -0.4 is 15.8 Å². The van der Waals surface area contributed by atoms with E-state index in [1.165, 1.54) is 5.56 Å². The number of amides is 1. The van der Waals surface area contributed by atoms with Crippen molar-refractivity contribution < 1.29 is 9.53 Å². The molecule has 0 atom stereocenters. The molecule has 1 aromatic carbocycles. The first-order valence-corrected chi connectivity index (χ1v) is 7.53. The van der Waals surface area contributed by atoms with Gasteiger partial charge in [-0.2, -0.15) is 0 Å². The summed E-state index contributed by atoms with van der Waals surface area (Å²) in [5.74, 6) is 0.990. The molecule has 0 saturated carbocycles. The van der Waals surface area contributed by atoms with E-state index in [1.54, 1.807) is 0 Å². The summed E-state index contributed by atoms with van der Waals surface area (Å²) in [6.07, 6.45) is 2.21. The lowest BCUT2D eigenvalue weighted by Crippen LogP contribution is -2.45. The Morgan fingerprint density at radius 3 is 2.67 bits per heavy atom. The first-order chi connectivity index (χ1) is 9.78. The molecular formula is C17H28N2O2. The van der Waals surface area contributed by atoms with Crippen molar-refractivity contribution in [3.8, 4) is 5.75 Å². The molecule has 0 aliphatic rings. The van der Waals surface area contributed by atoms with Gasteiger partial charge in [-0.25, -0.2) is 0 Å². The maximum atomic E-state index is 11.6. The van der Waals surface area contributed by atoms with Gasteiger partial charge in [0.15, 0.2) is 0 Å². The van der Waals surface area contributed by atoms with E-state index in [1.807, 2.05) is 26.8 Å². The van der Waals surface area contributed by atoms with Crippen LogP contribution in [0, 0.1) is 13.8 Å². The van der Waals surface area contributed by atoms with Gasteiger partial charge in [0.25, 0.3) is 0 Å². The summed E-state index contributed by atoms with van der Waals surface area (Å²) in [5, 5.41) is 2.84. The lowest BCUT2D eigenvalue weighted by atomic mass is 10.1. The number of carbonyl (C=O) groups is 1. The van der Waals surface area contributed by atoms with E-state index in [9.17, 15) is 4.79 Å². The largest absolute Gasteiger partial charge is 0.493 e. The number of carbonyl (C=O) groups excluding carboxylic acids is 1. The van der Waals surface area contributed by atoms with Crippen molar-refractivity contribution in [1.29, 1.82) is 0 Å². The molecule has 0 bridgehead atoms. The summed E-state index contributed by atoms with van der Waals surface area (Å²) in [4.78, 5) is 11.6. The van der Waals surface area contributed by atoms with Gasteiger partial charge in [-0.15, -0.1) is 0 Å². The molecule has 0 fully saturated rings. The number of hydrogen-bond acceptors (Lipinski definition) is 3.